The van der Waals surface area contributed by atoms with E-state index in [1.807, 2.05) is 13.0 Å². The fraction of sp³-hybridized carbons (Fsp3) is 0.207. The molecule has 1 atom stereocenters. The van der Waals surface area contributed by atoms with Gasteiger partial charge in [0, 0.05) is 5.56 Å². The molecule has 39 heavy (non-hydrogen) atoms. The molecule has 1 N–H and O–H groups in total. The van der Waals surface area contributed by atoms with Crippen molar-refractivity contribution < 1.29 is 33.6 Å². The summed E-state index contributed by atoms with van der Waals surface area (Å²) >= 11 is 1.25. The number of Topliss-reactive ketones (excluding diaryl/α,β-unsaturated/α-hetero) is 1. The average Bonchev–Trinajstić information content (AvgIpc) is 3.50. The van der Waals surface area contributed by atoms with E-state index in [1.165, 1.54) is 30.5 Å². The smallest absolute Gasteiger partial charge is 0.301 e. The van der Waals surface area contributed by atoms with Crippen LogP contribution in [0.15, 0.2) is 66.2 Å². The number of thiazole rings is 1. The molecule has 4 aromatic rings. The first-order chi connectivity index (χ1) is 18.9. The van der Waals surface area contributed by atoms with Gasteiger partial charge < -0.3 is 24.1 Å². The molecule has 10 heteroatoms. The highest BCUT2D eigenvalue weighted by Crippen LogP contribution is 2.46. The molecule has 200 valence electrons. The molecule has 0 aliphatic carbocycles. The molecule has 0 spiro atoms. The van der Waals surface area contributed by atoms with Crippen LogP contribution < -0.4 is 23.8 Å². The van der Waals surface area contributed by atoms with Gasteiger partial charge in [0.25, 0.3) is 5.78 Å². The van der Waals surface area contributed by atoms with Gasteiger partial charge in [-0.1, -0.05) is 17.4 Å². The van der Waals surface area contributed by atoms with Crippen LogP contribution in [0.2, 0.25) is 0 Å². The van der Waals surface area contributed by atoms with Crippen molar-refractivity contribution in [3.63, 3.8) is 0 Å². The van der Waals surface area contributed by atoms with Crippen molar-refractivity contribution in [2.75, 3.05) is 32.8 Å². The summed E-state index contributed by atoms with van der Waals surface area (Å²) in [5.41, 5.74) is 1.50. The second kappa shape index (κ2) is 10.7. The van der Waals surface area contributed by atoms with Gasteiger partial charge in [0.05, 0.1) is 49.8 Å². The quantitative estimate of drug-likeness (QED) is 0.179. The Hall–Kier alpha value is -4.57. The Labute approximate surface area is 228 Å². The molecular weight excluding hydrogens is 520 g/mol. The number of methoxy groups -OCH3 is 3. The van der Waals surface area contributed by atoms with Crippen molar-refractivity contribution in [3.8, 4) is 23.0 Å². The van der Waals surface area contributed by atoms with Gasteiger partial charge in [-0.05, 0) is 67.1 Å². The Morgan fingerprint density at radius 1 is 0.923 bits per heavy atom. The zero-order chi connectivity index (χ0) is 27.7. The number of ether oxygens (including phenoxy) is 4. The average molecular weight is 547 g/mol. The fourth-order valence-corrected chi connectivity index (χ4v) is 5.54. The van der Waals surface area contributed by atoms with E-state index in [9.17, 15) is 14.7 Å². The minimum atomic E-state index is -0.973. The number of aliphatic hydroxyl groups excluding tert-OH is 1. The monoisotopic (exact) mass is 546 g/mol. The molecule has 1 aromatic heterocycles. The standard InChI is InChI=1S/C29H26N2O7S/c1-5-38-18-9-6-16(7-10-18)26(32)24-25(17-8-13-21(36-3)22(14-17)37-4)31(28(34)27(24)33)29-30-20-12-11-19(35-2)15-23(20)39-29/h6-15,25,32H,5H2,1-4H3/b26-24+. The number of amides is 1. The number of fused-ring (bicyclic) bond motifs is 1. The molecular formula is C29H26N2O7S. The van der Waals surface area contributed by atoms with Crippen molar-refractivity contribution in [3.05, 3.63) is 77.4 Å². The van der Waals surface area contributed by atoms with Gasteiger partial charge in [0.15, 0.2) is 16.6 Å². The van der Waals surface area contributed by atoms with Crippen LogP contribution in [0.1, 0.15) is 24.1 Å². The Morgan fingerprint density at radius 3 is 2.31 bits per heavy atom. The number of carbonyl (C=O) groups is 2. The lowest BCUT2D eigenvalue weighted by atomic mass is 9.95. The minimum Gasteiger partial charge on any atom is -0.507 e. The number of carbonyl (C=O) groups excluding carboxylic acids is 2. The summed E-state index contributed by atoms with van der Waals surface area (Å²) in [5.74, 6) is 0.239. The normalized spacial score (nSPS) is 16.5. The summed E-state index contributed by atoms with van der Waals surface area (Å²) < 4.78 is 22.5. The summed E-state index contributed by atoms with van der Waals surface area (Å²) in [5, 5.41) is 11.7. The van der Waals surface area contributed by atoms with Crippen LogP contribution in [0.4, 0.5) is 5.13 Å². The molecule has 1 amide bonds. The lowest BCUT2D eigenvalue weighted by Crippen LogP contribution is -2.29. The van der Waals surface area contributed by atoms with E-state index < -0.39 is 17.7 Å². The van der Waals surface area contributed by atoms with E-state index in [1.54, 1.807) is 61.7 Å². The van der Waals surface area contributed by atoms with Crippen LogP contribution >= 0.6 is 11.3 Å². The third-order valence-electron chi connectivity index (χ3n) is 6.40. The van der Waals surface area contributed by atoms with Gasteiger partial charge in [-0.25, -0.2) is 4.98 Å². The highest BCUT2D eigenvalue weighted by atomic mass is 32.1. The van der Waals surface area contributed by atoms with E-state index in [0.29, 0.717) is 51.4 Å². The number of anilines is 1. The van der Waals surface area contributed by atoms with Gasteiger partial charge in [0.2, 0.25) is 0 Å². The number of rotatable bonds is 8. The number of ketones is 1. The molecule has 1 aliphatic heterocycles. The third-order valence-corrected chi connectivity index (χ3v) is 7.41. The van der Waals surface area contributed by atoms with Crippen molar-refractivity contribution >= 4 is 44.1 Å². The molecule has 0 bridgehead atoms. The van der Waals surface area contributed by atoms with Crippen molar-refractivity contribution in [2.24, 2.45) is 0 Å². The molecule has 0 radical (unpaired) electrons. The molecule has 0 saturated carbocycles. The van der Waals surface area contributed by atoms with E-state index in [2.05, 4.69) is 4.98 Å². The molecule has 1 unspecified atom stereocenters. The summed E-state index contributed by atoms with van der Waals surface area (Å²) in [4.78, 5) is 33.0. The molecule has 1 fully saturated rings. The second-order valence-electron chi connectivity index (χ2n) is 8.57. The Kier molecular flexibility index (Phi) is 7.12. The van der Waals surface area contributed by atoms with Crippen LogP contribution in [0.5, 0.6) is 23.0 Å². The van der Waals surface area contributed by atoms with E-state index in [4.69, 9.17) is 18.9 Å². The van der Waals surface area contributed by atoms with Crippen LogP contribution in [-0.4, -0.2) is 49.7 Å². The summed E-state index contributed by atoms with van der Waals surface area (Å²) in [6.45, 7) is 2.36. The lowest BCUT2D eigenvalue weighted by Gasteiger charge is -2.23. The topological polar surface area (TPSA) is 107 Å². The number of aromatic nitrogens is 1. The van der Waals surface area contributed by atoms with Crippen molar-refractivity contribution in [2.45, 2.75) is 13.0 Å². The number of nitrogens with zero attached hydrogens (tertiary/aromatic N) is 2. The molecule has 5 rings (SSSR count). The number of hydrogen-bond acceptors (Lipinski definition) is 9. The van der Waals surface area contributed by atoms with Crippen LogP contribution in [0, 0.1) is 0 Å². The Morgan fingerprint density at radius 2 is 1.64 bits per heavy atom. The minimum absolute atomic E-state index is 0.0618. The van der Waals surface area contributed by atoms with E-state index in [0.717, 1.165) is 4.70 Å². The maximum absolute atomic E-state index is 13.5. The highest BCUT2D eigenvalue weighted by molar-refractivity contribution is 7.22. The highest BCUT2D eigenvalue weighted by Gasteiger charge is 2.48. The lowest BCUT2D eigenvalue weighted by molar-refractivity contribution is -0.132. The summed E-state index contributed by atoms with van der Waals surface area (Å²) in [6.07, 6.45) is 0. The van der Waals surface area contributed by atoms with E-state index >= 15 is 0 Å². The van der Waals surface area contributed by atoms with Gasteiger partial charge >= 0.3 is 5.91 Å². The van der Waals surface area contributed by atoms with Gasteiger partial charge in [0.1, 0.15) is 17.3 Å². The molecule has 1 aliphatic rings. The van der Waals surface area contributed by atoms with Crippen LogP contribution in [0.25, 0.3) is 16.0 Å². The van der Waals surface area contributed by atoms with E-state index in [-0.39, 0.29) is 11.3 Å². The zero-order valence-corrected chi connectivity index (χ0v) is 22.6. The number of benzene rings is 3. The first-order valence-electron chi connectivity index (χ1n) is 12.1. The van der Waals surface area contributed by atoms with Crippen molar-refractivity contribution in [1.29, 1.82) is 0 Å². The first kappa shape index (κ1) is 26.1. The first-order valence-corrected chi connectivity index (χ1v) is 12.9. The Bertz CT molecular complexity index is 1590. The predicted octanol–water partition coefficient (Wildman–Crippen LogP) is 5.35. The SMILES string of the molecule is CCOc1ccc(/C(O)=C2\C(=O)C(=O)N(c3nc4ccc(OC)cc4s3)C2c2ccc(OC)c(OC)c2)cc1. The van der Waals surface area contributed by atoms with Crippen LogP contribution in [-0.2, 0) is 9.59 Å². The number of hydrogen-bond donors (Lipinski definition) is 1. The largest absolute Gasteiger partial charge is 0.507 e. The predicted molar refractivity (Wildman–Crippen MR) is 148 cm³/mol. The molecule has 1 saturated heterocycles. The second-order valence-corrected chi connectivity index (χ2v) is 9.58. The zero-order valence-electron chi connectivity index (χ0n) is 21.8. The summed E-state index contributed by atoms with van der Waals surface area (Å²) in [6, 6.07) is 16.2. The maximum atomic E-state index is 13.5. The maximum Gasteiger partial charge on any atom is 0.301 e. The summed E-state index contributed by atoms with van der Waals surface area (Å²) in [7, 11) is 4.59. The van der Waals surface area contributed by atoms with Gasteiger partial charge in [-0.3, -0.25) is 14.5 Å². The van der Waals surface area contributed by atoms with Crippen molar-refractivity contribution in [1.82, 2.24) is 4.98 Å². The molecule has 3 aromatic carbocycles. The van der Waals surface area contributed by atoms with Gasteiger partial charge in [-0.2, -0.15) is 0 Å². The fourth-order valence-electron chi connectivity index (χ4n) is 4.52. The third kappa shape index (κ3) is 4.63. The number of aliphatic hydroxyl groups is 1. The Balaban J connectivity index is 1.70. The van der Waals surface area contributed by atoms with Crippen LogP contribution in [0.3, 0.4) is 0 Å². The van der Waals surface area contributed by atoms with Gasteiger partial charge in [-0.15, -0.1) is 0 Å². The molecule has 2 heterocycles. The molecule has 9 nitrogen and oxygen atoms in total.